The highest BCUT2D eigenvalue weighted by Crippen LogP contribution is 2.38. The summed E-state index contributed by atoms with van der Waals surface area (Å²) in [5.41, 5.74) is 5.65. The van der Waals surface area contributed by atoms with Crippen molar-refractivity contribution in [3.63, 3.8) is 0 Å². The number of nitrogens with zero attached hydrogens (tertiary/aromatic N) is 3. The number of hydrogen-bond donors (Lipinski definition) is 2. The molecule has 28 heavy (non-hydrogen) atoms. The standard InChI is InChI=1S/C22H20N4O2/c27-22(25-28)15-9-7-14(8-10-15)20-17-4-3-13-26(16-11-12-16)21(17)24-19-6-2-1-5-18(19)23-20/h1-10,16-17,28H,11-13H2,(H,25,27). The van der Waals surface area contributed by atoms with E-state index in [1.807, 2.05) is 36.4 Å². The minimum absolute atomic E-state index is 0.0285. The summed E-state index contributed by atoms with van der Waals surface area (Å²) in [6.07, 6.45) is 6.79. The average Bonchev–Trinajstić information content (AvgIpc) is 3.59. The van der Waals surface area contributed by atoms with Crippen LogP contribution in [-0.2, 0) is 0 Å². The van der Waals surface area contributed by atoms with Crippen LogP contribution in [0.3, 0.4) is 0 Å². The number of fused-ring (bicyclic) bond motifs is 2. The van der Waals surface area contributed by atoms with E-state index < -0.39 is 5.91 Å². The van der Waals surface area contributed by atoms with E-state index in [4.69, 9.17) is 15.2 Å². The molecule has 2 heterocycles. The van der Waals surface area contributed by atoms with Crippen LogP contribution in [-0.4, -0.2) is 40.1 Å². The molecule has 1 unspecified atom stereocenters. The first-order valence-electron chi connectivity index (χ1n) is 9.49. The number of nitrogens with one attached hydrogen (secondary N) is 1. The van der Waals surface area contributed by atoms with Gasteiger partial charge in [-0.3, -0.25) is 10.0 Å². The van der Waals surface area contributed by atoms with E-state index in [1.165, 1.54) is 12.8 Å². The highest BCUT2D eigenvalue weighted by Gasteiger charge is 2.37. The molecule has 0 saturated heterocycles. The number of amidine groups is 1. The Hall–Kier alpha value is -3.25. The van der Waals surface area contributed by atoms with Crippen LogP contribution < -0.4 is 5.48 Å². The summed E-state index contributed by atoms with van der Waals surface area (Å²) in [4.78, 5) is 24.0. The zero-order chi connectivity index (χ0) is 19.1. The van der Waals surface area contributed by atoms with Crippen molar-refractivity contribution in [2.75, 3.05) is 6.54 Å². The van der Waals surface area contributed by atoms with Crippen molar-refractivity contribution in [1.29, 1.82) is 0 Å². The number of carbonyl (C=O) groups is 1. The molecule has 1 saturated carbocycles. The van der Waals surface area contributed by atoms with E-state index >= 15 is 0 Å². The lowest BCUT2D eigenvalue weighted by atomic mass is 9.91. The number of aliphatic imine (C=N–C) groups is 2. The van der Waals surface area contributed by atoms with Crippen LogP contribution in [0.1, 0.15) is 28.8 Å². The maximum Gasteiger partial charge on any atom is 0.274 e. The number of hydroxylamine groups is 1. The van der Waals surface area contributed by atoms with Gasteiger partial charge in [-0.05, 0) is 42.7 Å². The molecular formula is C22H20N4O2. The van der Waals surface area contributed by atoms with E-state index in [9.17, 15) is 4.79 Å². The molecule has 1 amide bonds. The SMILES string of the molecule is O=C(NO)c1ccc(C2=Nc3ccccc3N=C3C2C=CCN3C2CC2)cc1. The minimum Gasteiger partial charge on any atom is -0.353 e. The van der Waals surface area contributed by atoms with Gasteiger partial charge in [0.15, 0.2) is 0 Å². The van der Waals surface area contributed by atoms with Crippen LogP contribution in [0.2, 0.25) is 0 Å². The molecule has 5 rings (SSSR count). The smallest absolute Gasteiger partial charge is 0.274 e. The molecule has 2 aromatic rings. The molecule has 1 atom stereocenters. The van der Waals surface area contributed by atoms with Crippen LogP contribution in [0.4, 0.5) is 11.4 Å². The zero-order valence-corrected chi connectivity index (χ0v) is 15.2. The average molecular weight is 372 g/mol. The molecular weight excluding hydrogens is 352 g/mol. The molecule has 2 aromatic carbocycles. The summed E-state index contributed by atoms with van der Waals surface area (Å²) >= 11 is 0. The number of benzene rings is 2. The Morgan fingerprint density at radius 3 is 2.43 bits per heavy atom. The van der Waals surface area contributed by atoms with Crippen LogP contribution in [0, 0.1) is 5.92 Å². The van der Waals surface area contributed by atoms with Crippen molar-refractivity contribution in [1.82, 2.24) is 10.4 Å². The van der Waals surface area contributed by atoms with Gasteiger partial charge in [-0.15, -0.1) is 0 Å². The Morgan fingerprint density at radius 1 is 1.04 bits per heavy atom. The topological polar surface area (TPSA) is 77.3 Å². The summed E-state index contributed by atoms with van der Waals surface area (Å²) in [5.74, 6) is 0.490. The Kier molecular flexibility index (Phi) is 4.06. The Bertz CT molecular complexity index is 1020. The first-order chi connectivity index (χ1) is 13.7. The van der Waals surface area contributed by atoms with Gasteiger partial charge in [0.2, 0.25) is 0 Å². The van der Waals surface area contributed by atoms with Crippen LogP contribution in [0.25, 0.3) is 0 Å². The normalized spacial score (nSPS) is 20.5. The van der Waals surface area contributed by atoms with Gasteiger partial charge in [0.05, 0.1) is 23.0 Å². The monoisotopic (exact) mass is 372 g/mol. The minimum atomic E-state index is -0.528. The van der Waals surface area contributed by atoms with Crippen molar-refractivity contribution in [3.8, 4) is 0 Å². The fourth-order valence-electron chi connectivity index (χ4n) is 3.82. The quantitative estimate of drug-likeness (QED) is 0.491. The molecule has 3 aliphatic rings. The molecule has 0 bridgehead atoms. The highest BCUT2D eigenvalue weighted by molar-refractivity contribution is 6.19. The van der Waals surface area contributed by atoms with Gasteiger partial charge in [0, 0.05) is 18.2 Å². The fourth-order valence-corrected chi connectivity index (χ4v) is 3.82. The maximum absolute atomic E-state index is 11.6. The van der Waals surface area contributed by atoms with Gasteiger partial charge in [-0.2, -0.15) is 0 Å². The molecule has 2 aliphatic heterocycles. The van der Waals surface area contributed by atoms with E-state index in [2.05, 4.69) is 17.1 Å². The number of hydrogen-bond acceptors (Lipinski definition) is 5. The first kappa shape index (κ1) is 16.9. The summed E-state index contributed by atoms with van der Waals surface area (Å²) in [6.45, 7) is 0.880. The van der Waals surface area contributed by atoms with Crippen molar-refractivity contribution in [2.24, 2.45) is 15.9 Å². The lowest BCUT2D eigenvalue weighted by molar-refractivity contribution is 0.0706. The molecule has 0 aromatic heterocycles. The lowest BCUT2D eigenvalue weighted by Gasteiger charge is -2.32. The summed E-state index contributed by atoms with van der Waals surface area (Å²) < 4.78 is 0. The van der Waals surface area contributed by atoms with E-state index in [-0.39, 0.29) is 5.92 Å². The fraction of sp³-hybridized carbons (Fsp3) is 0.227. The van der Waals surface area contributed by atoms with Crippen LogP contribution in [0.5, 0.6) is 0 Å². The number of rotatable bonds is 3. The predicted octanol–water partition coefficient (Wildman–Crippen LogP) is 3.62. The largest absolute Gasteiger partial charge is 0.353 e. The number of para-hydroxylation sites is 2. The number of carbonyl (C=O) groups excluding carboxylic acids is 1. The molecule has 0 radical (unpaired) electrons. The Labute approximate surface area is 162 Å². The second-order valence-corrected chi connectivity index (χ2v) is 7.26. The summed E-state index contributed by atoms with van der Waals surface area (Å²) in [6, 6.07) is 15.6. The Morgan fingerprint density at radius 2 is 1.75 bits per heavy atom. The number of amides is 1. The second-order valence-electron chi connectivity index (χ2n) is 7.26. The third-order valence-corrected chi connectivity index (χ3v) is 5.39. The molecule has 0 spiro atoms. The van der Waals surface area contributed by atoms with E-state index in [1.54, 1.807) is 17.6 Å². The van der Waals surface area contributed by atoms with Gasteiger partial charge in [0.1, 0.15) is 5.84 Å². The van der Waals surface area contributed by atoms with Gasteiger partial charge in [0.25, 0.3) is 5.91 Å². The van der Waals surface area contributed by atoms with Crippen molar-refractivity contribution in [3.05, 3.63) is 71.8 Å². The molecule has 1 aliphatic carbocycles. The highest BCUT2D eigenvalue weighted by atomic mass is 16.5. The second kappa shape index (κ2) is 6.73. The summed E-state index contributed by atoms with van der Waals surface area (Å²) in [5, 5.41) is 8.84. The zero-order valence-electron chi connectivity index (χ0n) is 15.2. The van der Waals surface area contributed by atoms with Gasteiger partial charge >= 0.3 is 0 Å². The Balaban J connectivity index is 1.63. The van der Waals surface area contributed by atoms with Crippen molar-refractivity contribution in [2.45, 2.75) is 18.9 Å². The third-order valence-electron chi connectivity index (χ3n) is 5.39. The first-order valence-corrected chi connectivity index (χ1v) is 9.49. The van der Waals surface area contributed by atoms with Gasteiger partial charge < -0.3 is 4.90 Å². The van der Waals surface area contributed by atoms with Crippen molar-refractivity contribution < 1.29 is 10.0 Å². The molecule has 2 N–H and O–H groups in total. The maximum atomic E-state index is 11.6. The van der Waals surface area contributed by atoms with Crippen molar-refractivity contribution >= 4 is 28.8 Å². The van der Waals surface area contributed by atoms with E-state index in [0.29, 0.717) is 11.6 Å². The van der Waals surface area contributed by atoms with Crippen LogP contribution >= 0.6 is 0 Å². The molecule has 6 heteroatoms. The predicted molar refractivity (Wildman–Crippen MR) is 108 cm³/mol. The lowest BCUT2D eigenvalue weighted by Crippen LogP contribution is -2.43. The molecule has 6 nitrogen and oxygen atoms in total. The molecule has 140 valence electrons. The summed E-state index contributed by atoms with van der Waals surface area (Å²) in [7, 11) is 0. The van der Waals surface area contributed by atoms with Gasteiger partial charge in [-0.1, -0.05) is 36.4 Å². The third kappa shape index (κ3) is 2.92. The van der Waals surface area contributed by atoms with Gasteiger partial charge in [-0.25, -0.2) is 15.5 Å². The van der Waals surface area contributed by atoms with Crippen LogP contribution in [0.15, 0.2) is 70.7 Å². The van der Waals surface area contributed by atoms with E-state index in [0.717, 1.165) is 35.0 Å². The molecule has 1 fully saturated rings.